The fraction of sp³-hybridized carbons (Fsp3) is 0.190. The van der Waals surface area contributed by atoms with Gasteiger partial charge in [0.2, 0.25) is 0 Å². The smallest absolute Gasteiger partial charge is 0.124 e. The molecule has 1 radical (unpaired) electrons. The molecule has 2 aromatic heterocycles. The quantitative estimate of drug-likeness (QED) is 0.346. The predicted octanol–water partition coefficient (Wildman–Crippen LogP) is 5.64. The Balaban J connectivity index is 0.00000169. The summed E-state index contributed by atoms with van der Waals surface area (Å²) in [5, 5.41) is 2.30. The van der Waals surface area contributed by atoms with Gasteiger partial charge in [0.05, 0.1) is 5.58 Å². The van der Waals surface area contributed by atoms with E-state index in [0.717, 1.165) is 34.2 Å². The van der Waals surface area contributed by atoms with Crippen molar-refractivity contribution >= 4 is 21.9 Å². The molecule has 4 rings (SSSR count). The van der Waals surface area contributed by atoms with Crippen LogP contribution in [0.3, 0.4) is 0 Å². The van der Waals surface area contributed by atoms with Crippen molar-refractivity contribution in [3.63, 3.8) is 0 Å². The van der Waals surface area contributed by atoms with Gasteiger partial charge in [0.25, 0.3) is 0 Å². The first kappa shape index (κ1) is 16.9. The van der Waals surface area contributed by atoms with E-state index in [1.54, 1.807) is 6.20 Å². The Morgan fingerprint density at radius 2 is 1.83 bits per heavy atom. The molecule has 123 valence electrons. The maximum absolute atomic E-state index is 6.30. The number of hydrogen-bond acceptors (Lipinski definition) is 2. The van der Waals surface area contributed by atoms with Crippen LogP contribution < -0.4 is 0 Å². The first-order chi connectivity index (χ1) is 11.2. The average molecular weight is 493 g/mol. The van der Waals surface area contributed by atoms with Gasteiger partial charge in [0.15, 0.2) is 0 Å². The summed E-state index contributed by atoms with van der Waals surface area (Å²) in [6.07, 6.45) is 2.81. The van der Waals surface area contributed by atoms with Gasteiger partial charge in [-0.25, -0.2) is 0 Å². The SMILES string of the molecule is CC(C)Cc1cccc2c1oc1c(-c3ccccn3)[c-]ccc12.[Ir]. The maximum atomic E-state index is 6.30. The van der Waals surface area contributed by atoms with Crippen LogP contribution in [0.15, 0.2) is 59.1 Å². The molecular formula is C21H18IrNO-. The van der Waals surface area contributed by atoms with Gasteiger partial charge in [0, 0.05) is 31.7 Å². The molecule has 24 heavy (non-hydrogen) atoms. The van der Waals surface area contributed by atoms with Gasteiger partial charge in [-0.1, -0.05) is 55.1 Å². The van der Waals surface area contributed by atoms with Crippen molar-refractivity contribution in [2.24, 2.45) is 5.92 Å². The van der Waals surface area contributed by atoms with Crippen LogP contribution >= 0.6 is 0 Å². The number of aromatic nitrogens is 1. The van der Waals surface area contributed by atoms with Crippen LogP contribution in [0.25, 0.3) is 33.2 Å². The Kier molecular flexibility index (Phi) is 4.84. The topological polar surface area (TPSA) is 26.0 Å². The van der Waals surface area contributed by atoms with Gasteiger partial charge < -0.3 is 9.40 Å². The molecule has 0 spiro atoms. The number of pyridine rings is 1. The van der Waals surface area contributed by atoms with Gasteiger partial charge in [-0.3, -0.25) is 0 Å². The van der Waals surface area contributed by atoms with Crippen molar-refractivity contribution in [3.05, 3.63) is 66.4 Å². The largest absolute Gasteiger partial charge is 0.500 e. The summed E-state index contributed by atoms with van der Waals surface area (Å²) in [6, 6.07) is 19.6. The third-order valence-corrected chi connectivity index (χ3v) is 4.09. The molecule has 0 saturated carbocycles. The van der Waals surface area contributed by atoms with E-state index in [9.17, 15) is 0 Å². The van der Waals surface area contributed by atoms with Gasteiger partial charge >= 0.3 is 0 Å². The van der Waals surface area contributed by atoms with Gasteiger partial charge in [-0.2, -0.15) is 0 Å². The first-order valence-corrected chi connectivity index (χ1v) is 8.00. The summed E-state index contributed by atoms with van der Waals surface area (Å²) in [5.74, 6) is 0.593. The molecule has 0 atom stereocenters. The number of rotatable bonds is 3. The molecule has 0 fully saturated rings. The molecule has 2 aromatic carbocycles. The predicted molar refractivity (Wildman–Crippen MR) is 94.3 cm³/mol. The zero-order valence-corrected chi connectivity index (χ0v) is 16.1. The number of furan rings is 1. The minimum atomic E-state index is 0. The molecule has 0 aliphatic carbocycles. The standard InChI is InChI=1S/C21H18NO.Ir/c1-14(2)13-15-7-5-8-16-17-9-6-10-18(21(17)23-20(15)16)19-11-3-4-12-22-19;/h3-9,11-12,14H,13H2,1-2H3;/q-1;. The molecule has 4 aromatic rings. The summed E-state index contributed by atoms with van der Waals surface area (Å²) in [7, 11) is 0. The van der Waals surface area contributed by atoms with E-state index in [1.165, 1.54) is 10.9 Å². The van der Waals surface area contributed by atoms with Crippen molar-refractivity contribution in [3.8, 4) is 11.3 Å². The second-order valence-electron chi connectivity index (χ2n) is 6.30. The Labute approximate surface area is 155 Å². The summed E-state index contributed by atoms with van der Waals surface area (Å²) in [6.45, 7) is 4.46. The fourth-order valence-electron chi connectivity index (χ4n) is 3.12. The second-order valence-corrected chi connectivity index (χ2v) is 6.30. The van der Waals surface area contributed by atoms with Gasteiger partial charge in [-0.05, 0) is 29.7 Å². The number of benzene rings is 2. The first-order valence-electron chi connectivity index (χ1n) is 8.00. The molecule has 0 aliphatic rings. The number of fused-ring (bicyclic) bond motifs is 3. The number of hydrogen-bond donors (Lipinski definition) is 0. The van der Waals surface area contributed by atoms with Crippen molar-refractivity contribution in [1.82, 2.24) is 4.98 Å². The molecular weight excluding hydrogens is 474 g/mol. The van der Waals surface area contributed by atoms with E-state index >= 15 is 0 Å². The normalized spacial score (nSPS) is 11.1. The molecule has 3 heteroatoms. The molecule has 0 saturated heterocycles. The van der Waals surface area contributed by atoms with Crippen LogP contribution in [0.1, 0.15) is 19.4 Å². The molecule has 0 bridgehead atoms. The van der Waals surface area contributed by atoms with E-state index < -0.39 is 0 Å². The minimum Gasteiger partial charge on any atom is -0.500 e. The molecule has 2 nitrogen and oxygen atoms in total. The summed E-state index contributed by atoms with van der Waals surface area (Å²) in [5.41, 5.74) is 4.95. The van der Waals surface area contributed by atoms with Crippen molar-refractivity contribution in [2.45, 2.75) is 20.3 Å². The average Bonchev–Trinajstić information content (AvgIpc) is 2.95. The minimum absolute atomic E-state index is 0. The van der Waals surface area contributed by atoms with Crippen molar-refractivity contribution < 1.29 is 24.5 Å². The van der Waals surface area contributed by atoms with Crippen LogP contribution in [0.4, 0.5) is 0 Å². The molecule has 0 unspecified atom stereocenters. The number of nitrogens with zero attached hydrogens (tertiary/aromatic N) is 1. The van der Waals surface area contributed by atoms with Gasteiger partial charge in [0.1, 0.15) is 5.58 Å². The van der Waals surface area contributed by atoms with Crippen LogP contribution in [0, 0.1) is 12.0 Å². The van der Waals surface area contributed by atoms with E-state index in [2.05, 4.69) is 49.2 Å². The third-order valence-electron chi connectivity index (χ3n) is 4.09. The Bertz CT molecular complexity index is 973. The van der Waals surface area contributed by atoms with Crippen LogP contribution in [-0.2, 0) is 26.5 Å². The Hall–Kier alpha value is -1.96. The van der Waals surface area contributed by atoms with Gasteiger partial charge in [-0.15, -0.1) is 18.2 Å². The Morgan fingerprint density at radius 1 is 1.00 bits per heavy atom. The van der Waals surface area contributed by atoms with E-state index in [1.807, 2.05) is 24.3 Å². The molecule has 0 amide bonds. The zero-order valence-electron chi connectivity index (χ0n) is 13.7. The van der Waals surface area contributed by atoms with E-state index in [0.29, 0.717) is 5.92 Å². The molecule has 2 heterocycles. The van der Waals surface area contributed by atoms with Crippen molar-refractivity contribution in [2.75, 3.05) is 0 Å². The zero-order chi connectivity index (χ0) is 15.8. The maximum Gasteiger partial charge on any atom is 0.124 e. The monoisotopic (exact) mass is 493 g/mol. The second kappa shape index (κ2) is 6.88. The van der Waals surface area contributed by atoms with E-state index in [-0.39, 0.29) is 20.1 Å². The molecule has 0 aliphatic heterocycles. The van der Waals surface area contributed by atoms with Crippen LogP contribution in [0.2, 0.25) is 0 Å². The number of para-hydroxylation sites is 1. The van der Waals surface area contributed by atoms with E-state index in [4.69, 9.17) is 4.42 Å². The van der Waals surface area contributed by atoms with Crippen LogP contribution in [-0.4, -0.2) is 4.98 Å². The van der Waals surface area contributed by atoms with Crippen molar-refractivity contribution in [1.29, 1.82) is 0 Å². The Morgan fingerprint density at radius 3 is 2.58 bits per heavy atom. The van der Waals surface area contributed by atoms with Crippen LogP contribution in [0.5, 0.6) is 0 Å². The summed E-state index contributed by atoms with van der Waals surface area (Å²) >= 11 is 0. The third kappa shape index (κ3) is 2.90. The molecule has 0 N–H and O–H groups in total. The fourth-order valence-corrected chi connectivity index (χ4v) is 3.12. The summed E-state index contributed by atoms with van der Waals surface area (Å²) < 4.78 is 6.30. The summed E-state index contributed by atoms with van der Waals surface area (Å²) in [4.78, 5) is 4.45.